The average Bonchev–Trinajstić information content (AvgIpc) is 2.66. The maximum Gasteiger partial charge on any atom is 0.435 e. The standard InChI is InChI=1S/C22H22F7NO/c1-4-14-10-17(20(23,21(24,25)26)22(27,28)29)9-12(2)18(14)11-19(31)16-7-5-15(6-8-16)13(3)30/h5-10,13H,4,11,30H2,1-3H3. The Hall–Kier alpha value is -2.42. The highest BCUT2D eigenvalue weighted by atomic mass is 19.4. The molecule has 0 heterocycles. The van der Waals surface area contributed by atoms with E-state index in [0.717, 1.165) is 5.56 Å². The average molecular weight is 449 g/mol. The number of rotatable bonds is 6. The predicted molar refractivity (Wildman–Crippen MR) is 103 cm³/mol. The molecule has 9 heteroatoms. The smallest absolute Gasteiger partial charge is 0.324 e. The predicted octanol–water partition coefficient (Wildman–Crippen LogP) is 6.29. The molecule has 2 aromatic rings. The Balaban J connectivity index is 2.49. The third-order valence-electron chi connectivity index (χ3n) is 5.22. The van der Waals surface area contributed by atoms with Gasteiger partial charge in [-0.3, -0.25) is 4.79 Å². The number of aryl methyl sites for hydroxylation is 2. The van der Waals surface area contributed by atoms with Gasteiger partial charge in [0.2, 0.25) is 0 Å². The van der Waals surface area contributed by atoms with E-state index in [-0.39, 0.29) is 41.4 Å². The molecule has 0 aliphatic rings. The van der Waals surface area contributed by atoms with Crippen LogP contribution in [0.2, 0.25) is 0 Å². The van der Waals surface area contributed by atoms with E-state index in [2.05, 4.69) is 0 Å². The number of carbonyl (C=O) groups excluding carboxylic acids is 1. The van der Waals surface area contributed by atoms with E-state index >= 15 is 0 Å². The molecule has 2 aromatic carbocycles. The number of hydrogen-bond acceptors (Lipinski definition) is 2. The van der Waals surface area contributed by atoms with Crippen molar-refractivity contribution >= 4 is 5.78 Å². The van der Waals surface area contributed by atoms with E-state index < -0.39 is 23.6 Å². The van der Waals surface area contributed by atoms with E-state index in [9.17, 15) is 35.5 Å². The number of Topliss-reactive ketones (excluding diaryl/α,β-unsaturated/α-hetero) is 1. The molecule has 0 fully saturated rings. The van der Waals surface area contributed by atoms with Crippen molar-refractivity contribution in [3.63, 3.8) is 0 Å². The minimum Gasteiger partial charge on any atom is -0.324 e. The van der Waals surface area contributed by atoms with Crippen LogP contribution >= 0.6 is 0 Å². The van der Waals surface area contributed by atoms with Gasteiger partial charge in [0.15, 0.2) is 5.78 Å². The van der Waals surface area contributed by atoms with E-state index in [0.29, 0.717) is 17.7 Å². The van der Waals surface area contributed by atoms with Crippen molar-refractivity contribution in [2.24, 2.45) is 5.73 Å². The SMILES string of the molecule is CCc1cc(C(F)(C(F)(F)F)C(F)(F)F)cc(C)c1CC(=O)c1ccc(C(C)N)cc1. The van der Waals surface area contributed by atoms with Gasteiger partial charge in [-0.2, -0.15) is 26.3 Å². The fourth-order valence-electron chi connectivity index (χ4n) is 3.38. The first-order valence-corrected chi connectivity index (χ1v) is 9.47. The number of halogens is 7. The number of benzene rings is 2. The first-order chi connectivity index (χ1) is 14.1. The zero-order valence-corrected chi connectivity index (χ0v) is 17.1. The lowest BCUT2D eigenvalue weighted by atomic mass is 9.86. The number of alkyl halides is 7. The molecular weight excluding hydrogens is 427 g/mol. The van der Waals surface area contributed by atoms with Crippen LogP contribution in [0.25, 0.3) is 0 Å². The van der Waals surface area contributed by atoms with E-state index in [1.807, 2.05) is 0 Å². The van der Waals surface area contributed by atoms with E-state index in [1.165, 1.54) is 13.8 Å². The van der Waals surface area contributed by atoms with Gasteiger partial charge < -0.3 is 5.73 Å². The van der Waals surface area contributed by atoms with Gasteiger partial charge in [-0.15, -0.1) is 0 Å². The van der Waals surface area contributed by atoms with Crippen LogP contribution in [0, 0.1) is 6.92 Å². The highest BCUT2D eigenvalue weighted by Crippen LogP contribution is 2.53. The Labute approximate surface area is 175 Å². The van der Waals surface area contributed by atoms with Crippen molar-refractivity contribution < 1.29 is 35.5 Å². The Morgan fingerprint density at radius 3 is 1.90 bits per heavy atom. The quantitative estimate of drug-likeness (QED) is 0.416. The lowest BCUT2D eigenvalue weighted by Crippen LogP contribution is -2.50. The summed E-state index contributed by atoms with van der Waals surface area (Å²) in [4.78, 5) is 12.7. The molecule has 0 saturated heterocycles. The summed E-state index contributed by atoms with van der Waals surface area (Å²) in [6.07, 6.45) is -12.6. The van der Waals surface area contributed by atoms with Crippen LogP contribution in [0.4, 0.5) is 30.7 Å². The molecule has 0 radical (unpaired) electrons. The van der Waals surface area contributed by atoms with Crippen LogP contribution in [0.3, 0.4) is 0 Å². The molecule has 0 spiro atoms. The van der Waals surface area contributed by atoms with Crippen LogP contribution in [0.5, 0.6) is 0 Å². The van der Waals surface area contributed by atoms with Crippen molar-refractivity contribution in [2.45, 2.75) is 57.7 Å². The highest BCUT2D eigenvalue weighted by Gasteiger charge is 2.73. The topological polar surface area (TPSA) is 43.1 Å². The normalized spacial score (nSPS) is 13.9. The summed E-state index contributed by atoms with van der Waals surface area (Å²) in [6, 6.07) is 7.26. The molecular formula is C22H22F7NO. The van der Waals surface area contributed by atoms with Crippen LogP contribution in [-0.2, 0) is 18.5 Å². The minimum atomic E-state index is -6.19. The molecule has 170 valence electrons. The molecule has 0 aliphatic carbocycles. The van der Waals surface area contributed by atoms with Crippen molar-refractivity contribution in [3.8, 4) is 0 Å². The van der Waals surface area contributed by atoms with Gasteiger partial charge in [0, 0.05) is 23.6 Å². The van der Waals surface area contributed by atoms with Gasteiger partial charge in [0.05, 0.1) is 0 Å². The summed E-state index contributed by atoms with van der Waals surface area (Å²) < 4.78 is 93.2. The molecule has 2 rings (SSSR count). The van der Waals surface area contributed by atoms with Gasteiger partial charge in [-0.1, -0.05) is 43.3 Å². The largest absolute Gasteiger partial charge is 0.435 e. The molecule has 0 aliphatic heterocycles. The number of ketones is 1. The van der Waals surface area contributed by atoms with E-state index in [1.54, 1.807) is 31.2 Å². The van der Waals surface area contributed by atoms with Crippen molar-refractivity contribution in [3.05, 3.63) is 69.8 Å². The molecule has 1 atom stereocenters. The minimum absolute atomic E-state index is 0.0205. The van der Waals surface area contributed by atoms with Gasteiger partial charge in [0.25, 0.3) is 0 Å². The van der Waals surface area contributed by atoms with Gasteiger partial charge >= 0.3 is 18.0 Å². The zero-order valence-electron chi connectivity index (χ0n) is 17.1. The summed E-state index contributed by atoms with van der Waals surface area (Å²) in [6.45, 7) is 4.53. The summed E-state index contributed by atoms with van der Waals surface area (Å²) in [5, 5.41) is 0. The molecule has 1 unspecified atom stereocenters. The molecule has 2 N–H and O–H groups in total. The maximum absolute atomic E-state index is 14.5. The summed E-state index contributed by atoms with van der Waals surface area (Å²) in [7, 11) is 0. The molecule has 31 heavy (non-hydrogen) atoms. The van der Waals surface area contributed by atoms with Crippen LogP contribution in [-0.4, -0.2) is 18.1 Å². The third kappa shape index (κ3) is 4.76. The van der Waals surface area contributed by atoms with Gasteiger partial charge in [0.1, 0.15) is 0 Å². The Morgan fingerprint density at radius 2 is 1.48 bits per heavy atom. The number of carbonyl (C=O) groups is 1. The first-order valence-electron chi connectivity index (χ1n) is 9.47. The lowest BCUT2D eigenvalue weighted by Gasteiger charge is -2.31. The molecule has 2 nitrogen and oxygen atoms in total. The van der Waals surface area contributed by atoms with Crippen molar-refractivity contribution in [1.29, 1.82) is 0 Å². The lowest BCUT2D eigenvalue weighted by molar-refractivity contribution is -0.348. The summed E-state index contributed by atoms with van der Waals surface area (Å²) in [5.74, 6) is -0.375. The molecule has 0 aromatic heterocycles. The van der Waals surface area contributed by atoms with Crippen molar-refractivity contribution in [1.82, 2.24) is 0 Å². The fraction of sp³-hybridized carbons (Fsp3) is 0.409. The second kappa shape index (κ2) is 8.61. The highest BCUT2D eigenvalue weighted by molar-refractivity contribution is 5.97. The van der Waals surface area contributed by atoms with Crippen LogP contribution in [0.15, 0.2) is 36.4 Å². The van der Waals surface area contributed by atoms with Crippen molar-refractivity contribution in [2.75, 3.05) is 0 Å². The summed E-state index contributed by atoms with van der Waals surface area (Å²) >= 11 is 0. The third-order valence-corrected chi connectivity index (χ3v) is 5.22. The van der Waals surface area contributed by atoms with E-state index in [4.69, 9.17) is 5.73 Å². The monoisotopic (exact) mass is 449 g/mol. The van der Waals surface area contributed by atoms with Gasteiger partial charge in [-0.05, 0) is 42.5 Å². The van der Waals surface area contributed by atoms with Gasteiger partial charge in [-0.25, -0.2) is 4.39 Å². The fourth-order valence-corrected chi connectivity index (χ4v) is 3.38. The molecule has 0 bridgehead atoms. The Kier molecular flexibility index (Phi) is 6.90. The molecule has 0 amide bonds. The number of nitrogens with two attached hydrogens (primary N) is 1. The zero-order chi connectivity index (χ0) is 23.8. The Morgan fingerprint density at radius 1 is 0.968 bits per heavy atom. The second-order valence-corrected chi connectivity index (χ2v) is 7.45. The number of hydrogen-bond donors (Lipinski definition) is 1. The molecule has 0 saturated carbocycles. The van der Waals surface area contributed by atoms with Crippen LogP contribution in [0.1, 0.15) is 58.1 Å². The first kappa shape index (κ1) is 24.8. The Bertz CT molecular complexity index is 930. The second-order valence-electron chi connectivity index (χ2n) is 7.45. The maximum atomic E-state index is 14.5. The summed E-state index contributed by atoms with van der Waals surface area (Å²) in [5.41, 5.74) is 0.123. The van der Waals surface area contributed by atoms with Crippen LogP contribution < -0.4 is 5.73 Å².